The van der Waals surface area contributed by atoms with Crippen molar-refractivity contribution in [1.82, 2.24) is 45.5 Å². The maximum absolute atomic E-state index is 13.3. The van der Waals surface area contributed by atoms with E-state index in [0.29, 0.717) is 66.7 Å². The number of aromatic nitrogens is 6. The highest BCUT2D eigenvalue weighted by Crippen LogP contribution is 2.36. The molecule has 69 heavy (non-hydrogen) atoms. The van der Waals surface area contributed by atoms with Gasteiger partial charge in [-0.1, -0.05) is 35.9 Å². The lowest BCUT2D eigenvalue weighted by atomic mass is 10.00. The van der Waals surface area contributed by atoms with E-state index in [4.69, 9.17) is 35.8 Å². The Labute approximate surface area is 411 Å². The third-order valence-electron chi connectivity index (χ3n) is 11.8. The Morgan fingerprint density at radius 3 is 1.70 bits per heavy atom. The second-order valence-corrected chi connectivity index (χ2v) is 18.3. The molecule has 0 saturated carbocycles. The zero-order valence-corrected chi connectivity index (χ0v) is 41.2. The SMILES string of the molecule is CCNC(=O)CC1N=C(c2ccc(SCCCNCCCOCCCNC(=O)CC3N=C(c4ccc(Cl)cc4)c4cc(OC)ccc4-n4c(C)nnc43)cc2)c2cc(OC)ccc2-n2c(C)nnc21. The minimum absolute atomic E-state index is 0.0899. The summed E-state index contributed by atoms with van der Waals surface area (Å²) in [7, 11) is 3.28. The molecule has 8 rings (SSSR count). The summed E-state index contributed by atoms with van der Waals surface area (Å²) in [4.78, 5) is 37.7. The van der Waals surface area contributed by atoms with Crippen molar-refractivity contribution in [1.29, 1.82) is 0 Å². The monoisotopic (exact) mass is 971 g/mol. The third kappa shape index (κ3) is 11.7. The Hall–Kier alpha value is -6.40. The van der Waals surface area contributed by atoms with Gasteiger partial charge in [0.1, 0.15) is 35.2 Å². The second-order valence-electron chi connectivity index (χ2n) is 16.6. The number of benzene rings is 4. The van der Waals surface area contributed by atoms with Crippen LogP contribution in [0.5, 0.6) is 11.5 Å². The molecule has 6 aromatic rings. The molecule has 2 aromatic heterocycles. The van der Waals surface area contributed by atoms with E-state index in [1.165, 1.54) is 4.90 Å². The van der Waals surface area contributed by atoms with Gasteiger partial charge in [-0.2, -0.15) is 0 Å². The minimum Gasteiger partial charge on any atom is -0.497 e. The van der Waals surface area contributed by atoms with E-state index in [2.05, 4.69) is 60.6 Å². The number of carbonyl (C=O) groups is 2. The van der Waals surface area contributed by atoms with Gasteiger partial charge in [0.25, 0.3) is 0 Å². The molecule has 2 amide bonds. The van der Waals surface area contributed by atoms with Crippen LogP contribution in [0.3, 0.4) is 0 Å². The number of nitrogens with zero attached hydrogens (tertiary/aromatic N) is 8. The normalized spacial score (nSPS) is 14.8. The number of hydrogen-bond donors (Lipinski definition) is 3. The molecule has 2 atom stereocenters. The van der Waals surface area contributed by atoms with Crippen LogP contribution < -0.4 is 25.4 Å². The number of hydrogen-bond acceptors (Lipinski definition) is 13. The fourth-order valence-electron chi connectivity index (χ4n) is 8.46. The topological polar surface area (TPSA) is 184 Å². The van der Waals surface area contributed by atoms with Crippen molar-refractivity contribution >= 4 is 46.6 Å². The highest BCUT2D eigenvalue weighted by atomic mass is 35.5. The first kappa shape index (κ1) is 49.0. The molecule has 0 saturated heterocycles. The Balaban J connectivity index is 0.752. The van der Waals surface area contributed by atoms with Gasteiger partial charge in [0.2, 0.25) is 11.8 Å². The summed E-state index contributed by atoms with van der Waals surface area (Å²) in [6.07, 6.45) is 2.87. The molecule has 0 aliphatic carbocycles. The Morgan fingerprint density at radius 2 is 1.16 bits per heavy atom. The zero-order valence-electron chi connectivity index (χ0n) is 39.6. The number of nitrogens with one attached hydrogen (secondary N) is 3. The average molecular weight is 973 g/mol. The van der Waals surface area contributed by atoms with E-state index in [9.17, 15) is 9.59 Å². The van der Waals surface area contributed by atoms with E-state index in [-0.39, 0.29) is 24.7 Å². The van der Waals surface area contributed by atoms with Crippen molar-refractivity contribution in [3.05, 3.63) is 136 Å². The van der Waals surface area contributed by atoms with Crippen LogP contribution in [0.1, 0.15) is 96.7 Å². The lowest BCUT2D eigenvalue weighted by Gasteiger charge is -2.14. The highest BCUT2D eigenvalue weighted by Gasteiger charge is 2.32. The maximum Gasteiger partial charge on any atom is 0.222 e. The molecule has 2 aliphatic heterocycles. The molecule has 2 aliphatic rings. The van der Waals surface area contributed by atoms with Crippen molar-refractivity contribution in [2.45, 2.75) is 69.9 Å². The standard InChI is InChI=1S/C51H58ClN11O5S/c1-6-54-46(64)30-42-50-60-58-32(2)62(50)45-21-17-38(67-5)29-41(45)49(56-42)35-12-18-39(19-13-35)69-27-9-23-53-22-7-25-68-26-8-24-55-47(65)31-43-51-61-59-33(3)63(51)44-20-16-37(66-4)28-40(44)48(57-43)34-10-14-36(52)15-11-34/h10-21,28-29,42-43,53H,6-9,22-27,30-31H2,1-5H3,(H,54,64)(H,55,65). The van der Waals surface area contributed by atoms with Crippen molar-refractivity contribution in [2.24, 2.45) is 9.98 Å². The van der Waals surface area contributed by atoms with E-state index in [1.807, 2.05) is 102 Å². The molecule has 360 valence electrons. The van der Waals surface area contributed by atoms with Gasteiger partial charge in [0, 0.05) is 58.5 Å². The predicted octanol–water partition coefficient (Wildman–Crippen LogP) is 7.52. The highest BCUT2D eigenvalue weighted by molar-refractivity contribution is 7.99. The smallest absolute Gasteiger partial charge is 0.222 e. The summed E-state index contributed by atoms with van der Waals surface area (Å²) >= 11 is 8.06. The summed E-state index contributed by atoms with van der Waals surface area (Å²) in [5.41, 5.74) is 6.80. The first-order valence-electron chi connectivity index (χ1n) is 23.3. The first-order chi connectivity index (χ1) is 33.6. The number of halogens is 1. The fourth-order valence-corrected chi connectivity index (χ4v) is 9.44. The molecule has 3 N–H and O–H groups in total. The van der Waals surface area contributed by atoms with E-state index in [1.54, 1.807) is 14.2 Å². The summed E-state index contributed by atoms with van der Waals surface area (Å²) < 4.78 is 21.0. The van der Waals surface area contributed by atoms with Crippen LogP contribution in [0, 0.1) is 13.8 Å². The number of methoxy groups -OCH3 is 2. The quantitative estimate of drug-likeness (QED) is 0.0452. The van der Waals surface area contributed by atoms with E-state index in [0.717, 1.165) is 82.6 Å². The maximum atomic E-state index is 13.3. The number of thioether (sulfide) groups is 1. The summed E-state index contributed by atoms with van der Waals surface area (Å²) in [5.74, 6) is 4.81. The molecule has 0 fully saturated rings. The summed E-state index contributed by atoms with van der Waals surface area (Å²) in [5, 5.41) is 27.8. The van der Waals surface area contributed by atoms with Gasteiger partial charge in [0.15, 0.2) is 11.6 Å². The van der Waals surface area contributed by atoms with E-state index >= 15 is 0 Å². The lowest BCUT2D eigenvalue weighted by molar-refractivity contribution is -0.122. The largest absolute Gasteiger partial charge is 0.497 e. The first-order valence-corrected chi connectivity index (χ1v) is 24.7. The molecule has 0 bridgehead atoms. The Kier molecular flexibility index (Phi) is 16.5. The van der Waals surface area contributed by atoms with Gasteiger partial charge in [-0.3, -0.25) is 28.7 Å². The number of aryl methyl sites for hydroxylation is 2. The molecule has 2 unspecified atom stereocenters. The van der Waals surface area contributed by atoms with Gasteiger partial charge >= 0.3 is 0 Å². The summed E-state index contributed by atoms with van der Waals surface area (Å²) in [6.45, 7) is 9.70. The molecule has 18 heteroatoms. The van der Waals surface area contributed by atoms with Gasteiger partial charge in [-0.05, 0) is 120 Å². The second kappa shape index (κ2) is 23.3. The summed E-state index contributed by atoms with van der Waals surface area (Å²) in [6, 6.07) is 26.6. The zero-order chi connectivity index (χ0) is 48.3. The number of fused-ring (bicyclic) bond motifs is 6. The van der Waals surface area contributed by atoms with Crippen LogP contribution in [0.4, 0.5) is 0 Å². The lowest BCUT2D eigenvalue weighted by Crippen LogP contribution is -2.27. The van der Waals surface area contributed by atoms with Crippen molar-refractivity contribution in [3.8, 4) is 22.9 Å². The molecular formula is C51H58ClN11O5S. The van der Waals surface area contributed by atoms with Crippen LogP contribution >= 0.6 is 23.4 Å². The molecule has 0 spiro atoms. The van der Waals surface area contributed by atoms with Crippen LogP contribution in [0.2, 0.25) is 5.02 Å². The van der Waals surface area contributed by atoms with Gasteiger partial charge < -0.3 is 30.2 Å². The van der Waals surface area contributed by atoms with Gasteiger partial charge in [0.05, 0.1) is 49.9 Å². The molecule has 4 aromatic carbocycles. The number of carbonyl (C=O) groups excluding carboxylic acids is 2. The average Bonchev–Trinajstić information content (AvgIpc) is 3.86. The van der Waals surface area contributed by atoms with Crippen LogP contribution in [-0.2, 0) is 14.3 Å². The molecule has 0 radical (unpaired) electrons. The van der Waals surface area contributed by atoms with Crippen molar-refractivity contribution in [2.75, 3.05) is 59.4 Å². The Bertz CT molecular complexity index is 2810. The molecule has 16 nitrogen and oxygen atoms in total. The van der Waals surface area contributed by atoms with E-state index < -0.39 is 12.1 Å². The van der Waals surface area contributed by atoms with Crippen molar-refractivity contribution < 1.29 is 23.8 Å². The van der Waals surface area contributed by atoms with Gasteiger partial charge in [-0.25, -0.2) is 0 Å². The number of amides is 2. The minimum atomic E-state index is -0.570. The fraction of sp³-hybridized carbons (Fsp3) is 0.373. The molecular weight excluding hydrogens is 914 g/mol. The number of rotatable bonds is 22. The third-order valence-corrected chi connectivity index (χ3v) is 13.2. The number of aliphatic imine (C=N–C) groups is 2. The number of ether oxygens (including phenoxy) is 3. The van der Waals surface area contributed by atoms with Crippen LogP contribution in [0.25, 0.3) is 11.4 Å². The molecule has 4 heterocycles. The Morgan fingerprint density at radius 1 is 0.652 bits per heavy atom. The van der Waals surface area contributed by atoms with Crippen LogP contribution in [-0.4, -0.2) is 112 Å². The predicted molar refractivity (Wildman–Crippen MR) is 269 cm³/mol. The van der Waals surface area contributed by atoms with Gasteiger partial charge in [-0.15, -0.1) is 32.2 Å². The van der Waals surface area contributed by atoms with Crippen LogP contribution in [0.15, 0.2) is 99.8 Å². The van der Waals surface area contributed by atoms with Crippen molar-refractivity contribution in [3.63, 3.8) is 0 Å².